The molecule has 0 heterocycles. The first kappa shape index (κ1) is 39.7. The van der Waals surface area contributed by atoms with E-state index in [-0.39, 0.29) is 0 Å². The molecule has 0 amide bonds. The molecule has 0 fully saturated rings. The number of carbonyl (C=O) groups is 1. The second-order valence-corrected chi connectivity index (χ2v) is 6.93. The van der Waals surface area contributed by atoms with Crippen LogP contribution in [0, 0.1) is 0 Å². The third-order valence-corrected chi connectivity index (χ3v) is 3.91. The second kappa shape index (κ2) is 10.7. The van der Waals surface area contributed by atoms with E-state index in [1.54, 1.807) is 4.74 Å². The highest BCUT2D eigenvalue weighted by molar-refractivity contribution is 5.78. The Morgan fingerprint density at radius 1 is 0.452 bits per heavy atom. The summed E-state index contributed by atoms with van der Waals surface area (Å²) in [7, 11) is 0. The molecule has 0 aromatic rings. The minimum atomic E-state index is -8.74. The number of alkyl halides is 23. The maximum atomic E-state index is 14.2. The second-order valence-electron chi connectivity index (χ2n) is 6.93. The molecular weight excluding hydrogens is 685 g/mol. The minimum Gasteiger partial charge on any atom is -0.462 e. The first-order valence-corrected chi connectivity index (χ1v) is 8.98. The molecule has 28 heteroatoms. The van der Waals surface area contributed by atoms with Crippen molar-refractivity contribution in [1.29, 1.82) is 0 Å². The lowest BCUT2D eigenvalue weighted by Gasteiger charge is -2.42. The van der Waals surface area contributed by atoms with Gasteiger partial charge < -0.3 is 4.74 Å². The maximum Gasteiger partial charge on any atom is 0.462 e. The van der Waals surface area contributed by atoms with Gasteiger partial charge >= 0.3 is 72.5 Å². The fourth-order valence-corrected chi connectivity index (χ4v) is 1.89. The molecule has 0 spiro atoms. The molecule has 0 bridgehead atoms. The van der Waals surface area contributed by atoms with Gasteiger partial charge in [-0.1, -0.05) is 0 Å². The van der Waals surface area contributed by atoms with E-state index in [0.29, 0.717) is 6.92 Å². The van der Waals surface area contributed by atoms with E-state index in [4.69, 9.17) is 0 Å². The van der Waals surface area contributed by atoms with Crippen molar-refractivity contribution in [3.8, 4) is 0 Å². The van der Waals surface area contributed by atoms with Crippen LogP contribution in [0.3, 0.4) is 0 Å². The predicted molar refractivity (Wildman–Crippen MR) is 75.4 cm³/mol. The van der Waals surface area contributed by atoms with Crippen molar-refractivity contribution in [2.45, 2.75) is 73.4 Å². The number of ether oxygens (including phenoxy) is 4. The SMILES string of the molecule is CCOC(=O)C(F)(OC(F)(F)C(F)(OC(F)(F)C(F)(OC(F)(F)C(F)(F)C(F)(F)F)C(F)(F)F)C(F)(F)F)C(F)(F)F. The predicted octanol–water partition coefficient (Wildman–Crippen LogP) is 7.26. The fourth-order valence-electron chi connectivity index (χ4n) is 1.89. The van der Waals surface area contributed by atoms with Crippen molar-refractivity contribution in [3.05, 3.63) is 0 Å². The van der Waals surface area contributed by atoms with E-state index in [0.717, 1.165) is 9.47 Å². The lowest BCUT2D eigenvalue weighted by atomic mass is 10.2. The van der Waals surface area contributed by atoms with Gasteiger partial charge in [0, 0.05) is 0 Å². The molecule has 0 aliphatic heterocycles. The summed E-state index contributed by atoms with van der Waals surface area (Å²) in [6.07, 6.45) is -57.5. The molecular formula is C14H5F23O5. The van der Waals surface area contributed by atoms with Gasteiger partial charge in [0.2, 0.25) is 0 Å². The highest BCUT2D eigenvalue weighted by atomic mass is 19.4. The normalized spacial score (nSPS) is 19.5. The van der Waals surface area contributed by atoms with Gasteiger partial charge in [-0.25, -0.2) is 4.79 Å². The molecule has 3 unspecified atom stereocenters. The van der Waals surface area contributed by atoms with E-state index < -0.39 is 79.1 Å². The fraction of sp³-hybridized carbons (Fsp3) is 0.929. The number of esters is 1. The number of hydrogen-bond donors (Lipinski definition) is 0. The number of carbonyl (C=O) groups excluding carboxylic acids is 1. The Morgan fingerprint density at radius 3 is 1.02 bits per heavy atom. The summed E-state index contributed by atoms with van der Waals surface area (Å²) in [5.74, 6) is -36.5. The zero-order chi connectivity index (χ0) is 34.6. The average Bonchev–Trinajstić information content (AvgIpc) is 2.69. The molecule has 252 valence electrons. The Balaban J connectivity index is 7.29. The highest BCUT2D eigenvalue weighted by Crippen LogP contribution is 2.59. The van der Waals surface area contributed by atoms with Gasteiger partial charge in [0.15, 0.2) is 0 Å². The molecule has 0 aromatic carbocycles. The maximum absolute atomic E-state index is 14.2. The van der Waals surface area contributed by atoms with Gasteiger partial charge in [0.05, 0.1) is 6.61 Å². The van der Waals surface area contributed by atoms with Gasteiger partial charge in [-0.2, -0.15) is 101 Å². The number of rotatable bonds is 11. The van der Waals surface area contributed by atoms with Crippen molar-refractivity contribution < 1.29 is 125 Å². The van der Waals surface area contributed by atoms with Crippen LogP contribution in [0.25, 0.3) is 0 Å². The van der Waals surface area contributed by atoms with Crippen LogP contribution in [0.5, 0.6) is 0 Å². The molecule has 0 saturated carbocycles. The van der Waals surface area contributed by atoms with Crippen molar-refractivity contribution in [3.63, 3.8) is 0 Å². The number of halogens is 23. The Hall–Kier alpha value is -2.26. The molecule has 0 N–H and O–H groups in total. The standard InChI is InChI=1S/C14H5F23O5/c1-2-39-3(38)4(15,8(20,21)22)40-13(34,35)6(18,10(26,27)28)42-14(36,37)7(19,11(29,30)31)41-12(32,33)5(16,17)9(23,24)25/h2H2,1H3. The van der Waals surface area contributed by atoms with Gasteiger partial charge in [0.1, 0.15) is 0 Å². The third kappa shape index (κ3) is 6.62. The summed E-state index contributed by atoms with van der Waals surface area (Å²) in [5, 5.41) is 0. The summed E-state index contributed by atoms with van der Waals surface area (Å²) in [6.45, 7) is -1.10. The van der Waals surface area contributed by atoms with Crippen LogP contribution in [0.4, 0.5) is 101 Å². The summed E-state index contributed by atoms with van der Waals surface area (Å²) < 4.78 is 308. The molecule has 5 nitrogen and oxygen atoms in total. The summed E-state index contributed by atoms with van der Waals surface area (Å²) in [5.41, 5.74) is 0. The van der Waals surface area contributed by atoms with E-state index in [9.17, 15) is 106 Å². The van der Waals surface area contributed by atoms with Gasteiger partial charge in [-0.3, -0.25) is 14.2 Å². The van der Waals surface area contributed by atoms with Gasteiger partial charge in [0.25, 0.3) is 0 Å². The topological polar surface area (TPSA) is 54.0 Å². The van der Waals surface area contributed by atoms with Gasteiger partial charge in [-0.05, 0) is 6.92 Å². The van der Waals surface area contributed by atoms with Crippen LogP contribution in [0.15, 0.2) is 0 Å². The highest BCUT2D eigenvalue weighted by Gasteiger charge is 2.88. The molecule has 3 atom stereocenters. The van der Waals surface area contributed by atoms with Crippen molar-refractivity contribution >= 4 is 5.97 Å². The third-order valence-electron chi connectivity index (χ3n) is 3.91. The molecule has 0 aliphatic carbocycles. The van der Waals surface area contributed by atoms with E-state index in [1.165, 1.54) is 0 Å². The van der Waals surface area contributed by atoms with Crippen LogP contribution in [-0.2, 0) is 23.7 Å². The Labute approximate surface area is 212 Å². The molecule has 0 aliphatic rings. The van der Waals surface area contributed by atoms with Crippen LogP contribution in [0.1, 0.15) is 6.92 Å². The zero-order valence-corrected chi connectivity index (χ0v) is 18.4. The number of hydrogen-bond acceptors (Lipinski definition) is 5. The van der Waals surface area contributed by atoms with E-state index >= 15 is 0 Å². The van der Waals surface area contributed by atoms with Crippen LogP contribution >= 0.6 is 0 Å². The van der Waals surface area contributed by atoms with Crippen molar-refractivity contribution in [2.75, 3.05) is 6.61 Å². The van der Waals surface area contributed by atoms with Crippen LogP contribution < -0.4 is 0 Å². The van der Waals surface area contributed by atoms with E-state index in [1.807, 2.05) is 0 Å². The van der Waals surface area contributed by atoms with Crippen molar-refractivity contribution in [2.24, 2.45) is 0 Å². The minimum absolute atomic E-state index is 0.418. The van der Waals surface area contributed by atoms with E-state index in [2.05, 4.69) is 4.74 Å². The molecule has 0 saturated heterocycles. The quantitative estimate of drug-likeness (QED) is 0.169. The lowest BCUT2D eigenvalue weighted by Crippen LogP contribution is -2.70. The smallest absolute Gasteiger partial charge is 0.462 e. The summed E-state index contributed by atoms with van der Waals surface area (Å²) in [4.78, 5) is 11.0. The Kier molecular flexibility index (Phi) is 10.1. The van der Waals surface area contributed by atoms with Crippen LogP contribution in [-0.4, -0.2) is 79.1 Å². The summed E-state index contributed by atoms with van der Waals surface area (Å²) in [6, 6.07) is 0. The Bertz CT molecular complexity index is 965. The average molecular weight is 690 g/mol. The van der Waals surface area contributed by atoms with Crippen LogP contribution in [0.2, 0.25) is 0 Å². The Morgan fingerprint density at radius 2 is 0.762 bits per heavy atom. The zero-order valence-electron chi connectivity index (χ0n) is 18.4. The summed E-state index contributed by atoms with van der Waals surface area (Å²) >= 11 is 0. The first-order chi connectivity index (χ1) is 17.9. The monoisotopic (exact) mass is 690 g/mol. The largest absolute Gasteiger partial charge is 0.462 e. The van der Waals surface area contributed by atoms with Gasteiger partial charge in [-0.15, -0.1) is 0 Å². The first-order valence-electron chi connectivity index (χ1n) is 8.98. The molecule has 42 heavy (non-hydrogen) atoms. The molecule has 0 aromatic heterocycles. The van der Waals surface area contributed by atoms with Crippen molar-refractivity contribution in [1.82, 2.24) is 0 Å². The lowest BCUT2D eigenvalue weighted by molar-refractivity contribution is -0.578. The molecule has 0 radical (unpaired) electrons. The molecule has 0 rings (SSSR count).